The van der Waals surface area contributed by atoms with E-state index >= 15 is 0 Å². The molecule has 206 valence electrons. The van der Waals surface area contributed by atoms with Crippen molar-refractivity contribution in [2.75, 3.05) is 29.1 Å². The second kappa shape index (κ2) is 12.6. The molecule has 4 N–H and O–H groups in total. The third-order valence-corrected chi connectivity index (χ3v) is 5.31. The minimum atomic E-state index is -4.58. The van der Waals surface area contributed by atoms with Gasteiger partial charge in [-0.2, -0.15) is 13.2 Å². The highest BCUT2D eigenvalue weighted by molar-refractivity contribution is 6.31. The van der Waals surface area contributed by atoms with E-state index in [1.165, 1.54) is 6.07 Å². The zero-order chi connectivity index (χ0) is 28.6. The zero-order valence-electron chi connectivity index (χ0n) is 20.7. The molecular weight excluding hydrogens is 521 g/mol. The molecule has 3 rings (SSSR count). The zero-order valence-corrected chi connectivity index (χ0v) is 20.7. The molecule has 3 aromatic rings. The van der Waals surface area contributed by atoms with Crippen LogP contribution in [0.2, 0.25) is 0 Å². The molecule has 0 unspecified atom stereocenters. The van der Waals surface area contributed by atoms with Gasteiger partial charge in [0.15, 0.2) is 12.3 Å². The number of oxime groups is 1. The number of nitrogens with zero attached hydrogens (tertiary/aromatic N) is 3. The molecule has 0 aliphatic heterocycles. The van der Waals surface area contributed by atoms with E-state index in [-0.39, 0.29) is 30.3 Å². The van der Waals surface area contributed by atoms with E-state index in [4.69, 9.17) is 10.6 Å². The predicted octanol–water partition coefficient (Wildman–Crippen LogP) is 2.57. The standard InChI is InChI=1S/C25H25F3N6O5/c1-2-11-33(21-22(29)34(24(38)32-23(21)37)14-16-7-4-3-5-8-16)20(36)15-39-30-13-19(35)31-18-10-6-9-17(12-18)25(26,27)28/h3-10,12-13H,2,11,14-15,29H2,1H3,(H,31,35)(H,32,37,38)/b30-13+. The molecule has 0 saturated heterocycles. The first-order valence-electron chi connectivity index (χ1n) is 11.6. The summed E-state index contributed by atoms with van der Waals surface area (Å²) in [4.78, 5) is 58.0. The Balaban J connectivity index is 1.70. The summed E-state index contributed by atoms with van der Waals surface area (Å²) >= 11 is 0. The third-order valence-electron chi connectivity index (χ3n) is 5.31. The van der Waals surface area contributed by atoms with E-state index in [1.54, 1.807) is 37.3 Å². The first kappa shape index (κ1) is 28.7. The lowest BCUT2D eigenvalue weighted by Crippen LogP contribution is -2.42. The van der Waals surface area contributed by atoms with Gasteiger partial charge in [-0.1, -0.05) is 48.5 Å². The van der Waals surface area contributed by atoms with Gasteiger partial charge in [-0.05, 0) is 30.2 Å². The van der Waals surface area contributed by atoms with Crippen molar-refractivity contribution in [3.05, 3.63) is 86.6 Å². The Labute approximate surface area is 219 Å². The van der Waals surface area contributed by atoms with E-state index in [9.17, 15) is 32.3 Å². The fourth-order valence-electron chi connectivity index (χ4n) is 3.55. The first-order chi connectivity index (χ1) is 18.5. The number of amides is 2. The predicted molar refractivity (Wildman–Crippen MR) is 138 cm³/mol. The number of rotatable bonds is 10. The fourth-order valence-corrected chi connectivity index (χ4v) is 3.55. The van der Waals surface area contributed by atoms with Crippen molar-refractivity contribution in [1.82, 2.24) is 9.55 Å². The molecule has 1 aromatic heterocycles. The van der Waals surface area contributed by atoms with Crippen LogP contribution in [0.5, 0.6) is 0 Å². The van der Waals surface area contributed by atoms with Crippen LogP contribution in [-0.2, 0) is 27.1 Å². The number of aromatic nitrogens is 2. The molecule has 0 aliphatic rings. The molecule has 0 saturated carbocycles. The number of benzene rings is 2. The van der Waals surface area contributed by atoms with Crippen molar-refractivity contribution in [3.8, 4) is 0 Å². The number of nitrogens with one attached hydrogen (secondary N) is 2. The number of H-pyrrole nitrogens is 1. The molecule has 1 heterocycles. The number of carbonyl (C=O) groups is 2. The van der Waals surface area contributed by atoms with Crippen LogP contribution in [0, 0.1) is 0 Å². The summed E-state index contributed by atoms with van der Waals surface area (Å²) < 4.78 is 39.6. The summed E-state index contributed by atoms with van der Waals surface area (Å²) in [5.41, 5.74) is 3.97. The van der Waals surface area contributed by atoms with Crippen LogP contribution in [0.1, 0.15) is 24.5 Å². The first-order valence-corrected chi connectivity index (χ1v) is 11.6. The number of hydrogen-bond acceptors (Lipinski definition) is 7. The second-order valence-electron chi connectivity index (χ2n) is 8.19. The minimum absolute atomic E-state index is 0.0469. The van der Waals surface area contributed by atoms with E-state index < -0.39 is 41.4 Å². The van der Waals surface area contributed by atoms with E-state index in [0.29, 0.717) is 12.6 Å². The molecule has 0 spiro atoms. The Morgan fingerprint density at radius 2 is 1.87 bits per heavy atom. The largest absolute Gasteiger partial charge is 0.416 e. The normalized spacial score (nSPS) is 11.4. The van der Waals surface area contributed by atoms with Crippen molar-refractivity contribution in [2.24, 2.45) is 5.16 Å². The Morgan fingerprint density at radius 3 is 2.54 bits per heavy atom. The summed E-state index contributed by atoms with van der Waals surface area (Å²) in [5, 5.41) is 5.57. The topological polar surface area (TPSA) is 152 Å². The Bertz CT molecular complexity index is 1470. The number of anilines is 3. The number of nitrogens with two attached hydrogens (primary N) is 1. The average Bonchev–Trinajstić information content (AvgIpc) is 2.88. The van der Waals surface area contributed by atoms with Crippen LogP contribution in [0.15, 0.2) is 69.3 Å². The lowest BCUT2D eigenvalue weighted by molar-refractivity contribution is -0.137. The minimum Gasteiger partial charge on any atom is -0.385 e. The van der Waals surface area contributed by atoms with Gasteiger partial charge in [0.1, 0.15) is 12.0 Å². The van der Waals surface area contributed by atoms with Gasteiger partial charge in [-0.3, -0.25) is 23.9 Å². The maximum absolute atomic E-state index is 12.9. The number of alkyl halides is 3. The van der Waals surface area contributed by atoms with Gasteiger partial charge in [-0.25, -0.2) is 4.79 Å². The van der Waals surface area contributed by atoms with Gasteiger partial charge in [0.05, 0.1) is 12.1 Å². The summed E-state index contributed by atoms with van der Waals surface area (Å²) in [6.45, 7) is 1.15. The molecule has 0 bridgehead atoms. The van der Waals surface area contributed by atoms with Crippen LogP contribution in [0.3, 0.4) is 0 Å². The Kier molecular flexibility index (Phi) is 9.25. The third kappa shape index (κ3) is 7.56. The summed E-state index contributed by atoms with van der Waals surface area (Å²) in [6.07, 6.45) is -3.52. The molecule has 0 fully saturated rings. The Morgan fingerprint density at radius 1 is 1.15 bits per heavy atom. The highest BCUT2D eigenvalue weighted by atomic mass is 19.4. The molecule has 0 radical (unpaired) electrons. The highest BCUT2D eigenvalue weighted by Gasteiger charge is 2.30. The molecule has 39 heavy (non-hydrogen) atoms. The second-order valence-corrected chi connectivity index (χ2v) is 8.19. The monoisotopic (exact) mass is 546 g/mol. The highest BCUT2D eigenvalue weighted by Crippen LogP contribution is 2.30. The van der Waals surface area contributed by atoms with E-state index in [2.05, 4.69) is 15.5 Å². The molecule has 11 nitrogen and oxygen atoms in total. The van der Waals surface area contributed by atoms with E-state index in [0.717, 1.165) is 33.2 Å². The maximum atomic E-state index is 12.9. The average molecular weight is 547 g/mol. The van der Waals surface area contributed by atoms with Gasteiger partial charge < -0.3 is 20.8 Å². The molecule has 0 aliphatic carbocycles. The van der Waals surface area contributed by atoms with Crippen molar-refractivity contribution >= 4 is 35.2 Å². The lowest BCUT2D eigenvalue weighted by Gasteiger charge is -2.23. The lowest BCUT2D eigenvalue weighted by atomic mass is 10.2. The summed E-state index contributed by atoms with van der Waals surface area (Å²) in [5.74, 6) is -1.87. The smallest absolute Gasteiger partial charge is 0.385 e. The van der Waals surface area contributed by atoms with Crippen molar-refractivity contribution in [3.63, 3.8) is 0 Å². The summed E-state index contributed by atoms with van der Waals surface area (Å²) in [7, 11) is 0. The molecular formula is C25H25F3N6O5. The number of hydrogen-bond donors (Lipinski definition) is 3. The van der Waals surface area contributed by atoms with Crippen LogP contribution in [0.4, 0.5) is 30.4 Å². The molecule has 2 amide bonds. The SMILES string of the molecule is CCCN(C(=O)CO/N=C/C(=O)Nc1cccc(C(F)(F)F)c1)c1c(N)n(Cc2ccccc2)c(=O)[nH]c1=O. The van der Waals surface area contributed by atoms with Gasteiger partial charge in [0, 0.05) is 12.2 Å². The Hall–Kier alpha value is -4.88. The van der Waals surface area contributed by atoms with Crippen LogP contribution >= 0.6 is 0 Å². The van der Waals surface area contributed by atoms with Crippen LogP contribution in [0.25, 0.3) is 0 Å². The fraction of sp³-hybridized carbons (Fsp3) is 0.240. The van der Waals surface area contributed by atoms with Crippen LogP contribution < -0.4 is 27.2 Å². The quantitative estimate of drug-likeness (QED) is 0.263. The number of carbonyl (C=O) groups excluding carboxylic acids is 2. The van der Waals surface area contributed by atoms with Crippen molar-refractivity contribution < 1.29 is 27.6 Å². The molecule has 2 aromatic carbocycles. The molecule has 0 atom stereocenters. The van der Waals surface area contributed by atoms with Gasteiger partial charge in [0.25, 0.3) is 17.4 Å². The maximum Gasteiger partial charge on any atom is 0.416 e. The van der Waals surface area contributed by atoms with Gasteiger partial charge >= 0.3 is 11.9 Å². The number of aromatic amines is 1. The number of halogens is 3. The molecule has 14 heteroatoms. The van der Waals surface area contributed by atoms with Crippen molar-refractivity contribution in [2.45, 2.75) is 26.1 Å². The number of nitrogen functional groups attached to an aromatic ring is 1. The van der Waals surface area contributed by atoms with Crippen LogP contribution in [-0.4, -0.2) is 40.7 Å². The van der Waals surface area contributed by atoms with E-state index in [1.807, 2.05) is 0 Å². The van der Waals surface area contributed by atoms with Crippen molar-refractivity contribution in [1.29, 1.82) is 0 Å². The van der Waals surface area contributed by atoms with Gasteiger partial charge in [-0.15, -0.1) is 0 Å². The summed E-state index contributed by atoms with van der Waals surface area (Å²) in [6, 6.07) is 12.9. The van der Waals surface area contributed by atoms with Gasteiger partial charge in [0.2, 0.25) is 0 Å².